The minimum atomic E-state index is -0.362. The van der Waals surface area contributed by atoms with E-state index in [4.69, 9.17) is 4.74 Å². The Morgan fingerprint density at radius 2 is 1.92 bits per heavy atom. The number of anilines is 1. The number of rotatable bonds is 8. The molecule has 0 radical (unpaired) electrons. The van der Waals surface area contributed by atoms with Gasteiger partial charge in [0.25, 0.3) is 11.8 Å². The molecule has 0 bridgehead atoms. The van der Waals surface area contributed by atoms with Crippen LogP contribution in [0.5, 0.6) is 5.75 Å². The summed E-state index contributed by atoms with van der Waals surface area (Å²) in [6.45, 7) is 5.63. The van der Waals surface area contributed by atoms with Gasteiger partial charge in [-0.05, 0) is 49.9 Å². The van der Waals surface area contributed by atoms with Gasteiger partial charge in [0, 0.05) is 49.2 Å². The predicted octanol–water partition coefficient (Wildman–Crippen LogP) is 3.69. The van der Waals surface area contributed by atoms with Crippen LogP contribution in [0.25, 0.3) is 0 Å². The number of ether oxygens (including phenoxy) is 1. The second-order valence-corrected chi connectivity index (χ2v) is 9.71. The van der Waals surface area contributed by atoms with Crippen LogP contribution in [0.15, 0.2) is 73.1 Å². The van der Waals surface area contributed by atoms with E-state index in [9.17, 15) is 14.7 Å². The van der Waals surface area contributed by atoms with Crippen LogP contribution in [0.2, 0.25) is 0 Å². The number of nitrogens with zero attached hydrogens (tertiary/aromatic N) is 3. The zero-order chi connectivity index (χ0) is 26.4. The number of aliphatic hydroxyl groups is 1. The van der Waals surface area contributed by atoms with Crippen molar-refractivity contribution in [3.05, 3.63) is 89.7 Å². The third-order valence-electron chi connectivity index (χ3n) is 6.65. The lowest BCUT2D eigenvalue weighted by molar-refractivity contribution is 0.0341. The van der Waals surface area contributed by atoms with Gasteiger partial charge in [0.1, 0.15) is 11.9 Å². The Bertz CT molecular complexity index is 1210. The fourth-order valence-corrected chi connectivity index (χ4v) is 4.49. The number of carbonyl (C=O) groups is 2. The molecule has 8 nitrogen and oxygen atoms in total. The second kappa shape index (κ2) is 12.0. The summed E-state index contributed by atoms with van der Waals surface area (Å²) >= 11 is 0. The second-order valence-electron chi connectivity index (χ2n) is 9.71. The summed E-state index contributed by atoms with van der Waals surface area (Å²) in [5.41, 5.74) is 2.52. The van der Waals surface area contributed by atoms with Gasteiger partial charge in [0.2, 0.25) is 0 Å². The number of pyridine rings is 1. The molecule has 1 aliphatic rings. The van der Waals surface area contributed by atoms with Crippen molar-refractivity contribution >= 4 is 17.5 Å². The van der Waals surface area contributed by atoms with Crippen LogP contribution < -0.4 is 10.1 Å². The minimum absolute atomic E-state index is 0.0235. The van der Waals surface area contributed by atoms with Crippen molar-refractivity contribution in [2.24, 2.45) is 5.92 Å². The van der Waals surface area contributed by atoms with Crippen molar-refractivity contribution in [3.63, 3.8) is 0 Å². The Kier molecular flexibility index (Phi) is 8.53. The molecule has 0 saturated carbocycles. The highest BCUT2D eigenvalue weighted by Gasteiger charge is 2.33. The SMILES string of the molecule is C[C@H]1CN([C@@H](C)CO)C(=O)c2cc(NC(=O)c3ccncc3)ccc2O[C@H]1CN(C)Cc1ccccc1. The highest BCUT2D eigenvalue weighted by molar-refractivity contribution is 6.05. The maximum Gasteiger partial charge on any atom is 0.258 e. The fraction of sp³-hybridized carbons (Fsp3) is 0.345. The molecular weight excluding hydrogens is 468 g/mol. The number of amides is 2. The van der Waals surface area contributed by atoms with E-state index in [-0.39, 0.29) is 36.5 Å². The van der Waals surface area contributed by atoms with E-state index in [2.05, 4.69) is 41.3 Å². The van der Waals surface area contributed by atoms with Gasteiger partial charge in [-0.25, -0.2) is 0 Å². The van der Waals surface area contributed by atoms with Crippen LogP contribution in [0, 0.1) is 5.92 Å². The molecular formula is C29H34N4O4. The summed E-state index contributed by atoms with van der Waals surface area (Å²) in [5.74, 6) is -0.0437. The number of hydrogen-bond donors (Lipinski definition) is 2. The first-order valence-corrected chi connectivity index (χ1v) is 12.5. The quantitative estimate of drug-likeness (QED) is 0.488. The standard InChI is InChI=1S/C29H34N4O4/c1-20-16-33(21(2)19-34)29(36)25-15-24(31-28(35)23-11-13-30-14-12-23)9-10-26(25)37-27(20)18-32(3)17-22-7-5-4-6-8-22/h4-15,20-21,27,34H,16-19H2,1-3H3,(H,31,35)/t20-,21-,27-/m0/s1. The average molecular weight is 503 g/mol. The van der Waals surface area contributed by atoms with E-state index in [1.54, 1.807) is 47.6 Å². The third-order valence-corrected chi connectivity index (χ3v) is 6.65. The summed E-state index contributed by atoms with van der Waals surface area (Å²) in [6, 6.07) is 18.3. The Hall–Kier alpha value is -3.75. The molecule has 3 atom stereocenters. The van der Waals surface area contributed by atoms with Gasteiger partial charge in [0.05, 0.1) is 18.2 Å². The van der Waals surface area contributed by atoms with E-state index >= 15 is 0 Å². The molecule has 8 heteroatoms. The van der Waals surface area contributed by atoms with Gasteiger partial charge in [-0.1, -0.05) is 37.3 Å². The zero-order valence-electron chi connectivity index (χ0n) is 21.5. The molecule has 37 heavy (non-hydrogen) atoms. The lowest BCUT2D eigenvalue weighted by Gasteiger charge is -2.38. The Balaban J connectivity index is 1.60. The number of hydrogen-bond acceptors (Lipinski definition) is 6. The minimum Gasteiger partial charge on any atom is -0.488 e. The summed E-state index contributed by atoms with van der Waals surface area (Å²) in [4.78, 5) is 34.1. The predicted molar refractivity (Wildman–Crippen MR) is 143 cm³/mol. The average Bonchev–Trinajstić information content (AvgIpc) is 2.91. The van der Waals surface area contributed by atoms with Gasteiger partial charge in [-0.15, -0.1) is 0 Å². The molecule has 194 valence electrons. The van der Waals surface area contributed by atoms with E-state index in [1.807, 2.05) is 25.1 Å². The van der Waals surface area contributed by atoms with E-state index in [0.717, 1.165) is 6.54 Å². The van der Waals surface area contributed by atoms with Crippen molar-refractivity contribution in [1.82, 2.24) is 14.8 Å². The smallest absolute Gasteiger partial charge is 0.258 e. The molecule has 0 unspecified atom stereocenters. The lowest BCUT2D eigenvalue weighted by Crippen LogP contribution is -2.49. The van der Waals surface area contributed by atoms with Gasteiger partial charge in [-0.2, -0.15) is 0 Å². The number of fused-ring (bicyclic) bond motifs is 1. The number of aliphatic hydroxyl groups excluding tert-OH is 1. The van der Waals surface area contributed by atoms with E-state index in [0.29, 0.717) is 35.7 Å². The van der Waals surface area contributed by atoms with Gasteiger partial charge >= 0.3 is 0 Å². The number of aromatic nitrogens is 1. The fourth-order valence-electron chi connectivity index (χ4n) is 4.49. The molecule has 3 aromatic rings. The summed E-state index contributed by atoms with van der Waals surface area (Å²) < 4.78 is 6.46. The van der Waals surface area contributed by atoms with Gasteiger partial charge in [0.15, 0.2) is 0 Å². The summed E-state index contributed by atoms with van der Waals surface area (Å²) in [7, 11) is 2.06. The van der Waals surface area contributed by atoms with Crippen LogP contribution in [-0.2, 0) is 6.54 Å². The van der Waals surface area contributed by atoms with Crippen molar-refractivity contribution in [1.29, 1.82) is 0 Å². The largest absolute Gasteiger partial charge is 0.488 e. The molecule has 1 aliphatic heterocycles. The molecule has 0 spiro atoms. The molecule has 0 saturated heterocycles. The molecule has 4 rings (SSSR count). The first-order chi connectivity index (χ1) is 17.9. The van der Waals surface area contributed by atoms with Crippen LogP contribution in [-0.4, -0.2) is 70.6 Å². The van der Waals surface area contributed by atoms with Crippen LogP contribution >= 0.6 is 0 Å². The molecule has 1 aromatic heterocycles. The normalized spacial score (nSPS) is 18.4. The molecule has 2 aromatic carbocycles. The molecule has 2 N–H and O–H groups in total. The molecule has 0 fully saturated rings. The van der Waals surface area contributed by atoms with E-state index in [1.165, 1.54) is 5.56 Å². The zero-order valence-corrected chi connectivity index (χ0v) is 21.5. The van der Waals surface area contributed by atoms with Crippen molar-refractivity contribution in [2.45, 2.75) is 32.5 Å². The number of nitrogens with one attached hydrogen (secondary N) is 1. The van der Waals surface area contributed by atoms with E-state index < -0.39 is 0 Å². The maximum atomic E-state index is 13.6. The third kappa shape index (κ3) is 6.53. The van der Waals surface area contributed by atoms with Crippen LogP contribution in [0.4, 0.5) is 5.69 Å². The molecule has 2 amide bonds. The number of carbonyl (C=O) groups excluding carboxylic acids is 2. The first-order valence-electron chi connectivity index (χ1n) is 12.5. The highest BCUT2D eigenvalue weighted by Crippen LogP contribution is 2.31. The van der Waals surface area contributed by atoms with Crippen molar-refractivity contribution in [2.75, 3.05) is 32.1 Å². The Morgan fingerprint density at radius 3 is 2.62 bits per heavy atom. The number of benzene rings is 2. The molecule has 0 aliphatic carbocycles. The molecule has 2 heterocycles. The topological polar surface area (TPSA) is 95.0 Å². The summed E-state index contributed by atoms with van der Waals surface area (Å²) in [6.07, 6.45) is 2.92. The monoisotopic (exact) mass is 502 g/mol. The first kappa shape index (κ1) is 26.3. The Labute approximate surface area is 217 Å². The van der Waals surface area contributed by atoms with Gasteiger partial charge < -0.3 is 20.1 Å². The van der Waals surface area contributed by atoms with Crippen LogP contribution in [0.3, 0.4) is 0 Å². The summed E-state index contributed by atoms with van der Waals surface area (Å²) in [5, 5.41) is 12.7. The van der Waals surface area contributed by atoms with Crippen molar-refractivity contribution < 1.29 is 19.4 Å². The lowest BCUT2D eigenvalue weighted by atomic mass is 9.99. The highest BCUT2D eigenvalue weighted by atomic mass is 16.5. The maximum absolute atomic E-state index is 13.6. The van der Waals surface area contributed by atoms with Crippen LogP contribution in [0.1, 0.15) is 40.1 Å². The van der Waals surface area contributed by atoms with Gasteiger partial charge in [-0.3, -0.25) is 19.5 Å². The van der Waals surface area contributed by atoms with Crippen molar-refractivity contribution in [3.8, 4) is 5.75 Å². The number of likely N-dealkylation sites (N-methyl/N-ethyl adjacent to an activating group) is 1. The Morgan fingerprint density at radius 1 is 1.19 bits per heavy atom.